The van der Waals surface area contributed by atoms with Crippen LogP contribution in [0.5, 0.6) is 0 Å². The first kappa shape index (κ1) is 12.5. The highest BCUT2D eigenvalue weighted by atomic mass is 15.6. The molecule has 0 bridgehead atoms. The van der Waals surface area contributed by atoms with Gasteiger partial charge in [0, 0.05) is 12.5 Å². The summed E-state index contributed by atoms with van der Waals surface area (Å²) in [5, 5.41) is 15.9. The molecule has 1 fully saturated rings. The van der Waals surface area contributed by atoms with Crippen molar-refractivity contribution in [1.82, 2.24) is 25.5 Å². The Morgan fingerprint density at radius 3 is 2.65 bits per heavy atom. The third-order valence-corrected chi connectivity index (χ3v) is 3.97. The van der Waals surface area contributed by atoms with Gasteiger partial charge in [-0.2, -0.15) is 4.80 Å². The summed E-state index contributed by atoms with van der Waals surface area (Å²) >= 11 is 0. The molecule has 1 aliphatic rings. The van der Waals surface area contributed by atoms with Crippen LogP contribution in [0.4, 0.5) is 0 Å². The Morgan fingerprint density at radius 2 is 2.12 bits per heavy atom. The number of tetrazole rings is 1. The summed E-state index contributed by atoms with van der Waals surface area (Å²) in [5.74, 6) is 0.853. The van der Waals surface area contributed by atoms with Crippen LogP contribution in [0.25, 0.3) is 0 Å². The van der Waals surface area contributed by atoms with E-state index in [9.17, 15) is 0 Å². The number of rotatable bonds is 5. The fourth-order valence-electron chi connectivity index (χ4n) is 2.93. The van der Waals surface area contributed by atoms with Crippen LogP contribution < -0.4 is 5.32 Å². The van der Waals surface area contributed by atoms with E-state index in [-0.39, 0.29) is 0 Å². The van der Waals surface area contributed by atoms with Crippen molar-refractivity contribution in [3.63, 3.8) is 0 Å². The van der Waals surface area contributed by atoms with Gasteiger partial charge in [0.05, 0.1) is 7.05 Å². The molecule has 1 N–H and O–H groups in total. The summed E-state index contributed by atoms with van der Waals surface area (Å²) in [4.78, 5) is 1.54. The van der Waals surface area contributed by atoms with Gasteiger partial charge in [0.15, 0.2) is 5.82 Å². The van der Waals surface area contributed by atoms with Crippen molar-refractivity contribution in [2.45, 2.75) is 52.0 Å². The minimum Gasteiger partial charge on any atom is -0.313 e. The summed E-state index contributed by atoms with van der Waals surface area (Å²) in [6.45, 7) is 5.56. The molecule has 0 radical (unpaired) electrons. The van der Waals surface area contributed by atoms with E-state index in [2.05, 4.69) is 34.6 Å². The van der Waals surface area contributed by atoms with Gasteiger partial charge in [-0.25, -0.2) is 0 Å². The van der Waals surface area contributed by atoms with Gasteiger partial charge in [0.2, 0.25) is 0 Å². The molecule has 1 aliphatic carbocycles. The zero-order chi connectivity index (χ0) is 12.3. The van der Waals surface area contributed by atoms with Crippen molar-refractivity contribution >= 4 is 0 Å². The maximum absolute atomic E-state index is 4.29. The van der Waals surface area contributed by atoms with Crippen LogP contribution in [0.2, 0.25) is 0 Å². The molecule has 1 aromatic rings. The molecular weight excluding hydrogens is 214 g/mol. The van der Waals surface area contributed by atoms with E-state index in [1.165, 1.54) is 30.5 Å². The second-order valence-electron chi connectivity index (χ2n) is 5.37. The second kappa shape index (κ2) is 5.12. The quantitative estimate of drug-likeness (QED) is 0.839. The number of aromatic nitrogens is 4. The molecule has 96 valence electrons. The Morgan fingerprint density at radius 1 is 1.41 bits per heavy atom. The van der Waals surface area contributed by atoms with Crippen LogP contribution in [-0.4, -0.2) is 32.8 Å². The van der Waals surface area contributed by atoms with Gasteiger partial charge in [-0.3, -0.25) is 0 Å². The Hall–Kier alpha value is -0.970. The van der Waals surface area contributed by atoms with Gasteiger partial charge >= 0.3 is 0 Å². The van der Waals surface area contributed by atoms with Crippen molar-refractivity contribution in [1.29, 1.82) is 0 Å². The predicted octanol–water partition coefficient (Wildman–Crippen LogP) is 1.31. The minimum atomic E-state index is 0.398. The summed E-state index contributed by atoms with van der Waals surface area (Å²) in [6, 6.07) is 0.471. The zero-order valence-electron chi connectivity index (χ0n) is 11.1. The highest BCUT2D eigenvalue weighted by Crippen LogP contribution is 2.41. The zero-order valence-corrected chi connectivity index (χ0v) is 11.1. The minimum absolute atomic E-state index is 0.398. The van der Waals surface area contributed by atoms with E-state index in [0.717, 1.165) is 18.8 Å². The largest absolute Gasteiger partial charge is 0.313 e. The van der Waals surface area contributed by atoms with Crippen molar-refractivity contribution < 1.29 is 0 Å². The molecule has 1 atom stereocenters. The van der Waals surface area contributed by atoms with Gasteiger partial charge in [-0.05, 0) is 30.0 Å². The molecule has 5 heteroatoms. The van der Waals surface area contributed by atoms with Crippen LogP contribution in [-0.2, 0) is 13.5 Å². The number of aryl methyl sites for hydroxylation is 1. The number of nitrogens with one attached hydrogen (secondary N) is 1. The Kier molecular flexibility index (Phi) is 3.76. The molecule has 5 nitrogen and oxygen atoms in total. The van der Waals surface area contributed by atoms with E-state index in [1.54, 1.807) is 0 Å². The average Bonchev–Trinajstić information content (AvgIpc) is 2.88. The van der Waals surface area contributed by atoms with Crippen LogP contribution >= 0.6 is 0 Å². The van der Waals surface area contributed by atoms with Gasteiger partial charge in [0.25, 0.3) is 0 Å². The molecule has 0 aliphatic heterocycles. The lowest BCUT2D eigenvalue weighted by molar-refractivity contribution is 0.219. The van der Waals surface area contributed by atoms with Gasteiger partial charge in [-0.1, -0.05) is 26.7 Å². The highest BCUT2D eigenvalue weighted by Gasteiger charge is 2.37. The molecule has 0 aromatic carbocycles. The maximum atomic E-state index is 4.29. The van der Waals surface area contributed by atoms with E-state index in [0.29, 0.717) is 11.5 Å². The molecular formula is C12H23N5. The van der Waals surface area contributed by atoms with E-state index in [4.69, 9.17) is 0 Å². The normalized spacial score (nSPS) is 20.6. The smallest absolute Gasteiger partial charge is 0.176 e. The number of hydrogen-bond donors (Lipinski definition) is 1. The number of hydrogen-bond acceptors (Lipinski definition) is 4. The van der Waals surface area contributed by atoms with Crippen molar-refractivity contribution in [3.05, 3.63) is 5.82 Å². The molecule has 0 spiro atoms. The first-order valence-electron chi connectivity index (χ1n) is 6.60. The molecule has 0 saturated heterocycles. The summed E-state index contributed by atoms with van der Waals surface area (Å²) in [6.07, 6.45) is 6.21. The highest BCUT2D eigenvalue weighted by molar-refractivity contribution is 4.96. The van der Waals surface area contributed by atoms with E-state index >= 15 is 0 Å². The summed E-state index contributed by atoms with van der Waals surface area (Å²) < 4.78 is 0. The van der Waals surface area contributed by atoms with Crippen molar-refractivity contribution in [2.75, 3.05) is 6.54 Å². The predicted molar refractivity (Wildman–Crippen MR) is 66.5 cm³/mol. The Labute approximate surface area is 103 Å². The van der Waals surface area contributed by atoms with Gasteiger partial charge < -0.3 is 5.32 Å². The second-order valence-corrected chi connectivity index (χ2v) is 5.37. The molecule has 1 aromatic heterocycles. The van der Waals surface area contributed by atoms with Gasteiger partial charge in [0.1, 0.15) is 0 Å². The monoisotopic (exact) mass is 237 g/mol. The van der Waals surface area contributed by atoms with Crippen molar-refractivity contribution in [2.24, 2.45) is 12.5 Å². The van der Waals surface area contributed by atoms with Crippen LogP contribution in [0, 0.1) is 5.41 Å². The summed E-state index contributed by atoms with van der Waals surface area (Å²) in [5.41, 5.74) is 0.398. The maximum Gasteiger partial charge on any atom is 0.176 e. The van der Waals surface area contributed by atoms with Crippen molar-refractivity contribution in [3.8, 4) is 0 Å². The van der Waals surface area contributed by atoms with E-state index < -0.39 is 0 Å². The average molecular weight is 237 g/mol. The molecule has 1 saturated carbocycles. The molecule has 1 heterocycles. The van der Waals surface area contributed by atoms with Crippen LogP contribution in [0.15, 0.2) is 0 Å². The SMILES string of the molecule is CCNC(Cc1nnn(C)n1)C1(C)CCCC1. The standard InChI is InChI=1S/C12H23N5/c1-4-13-10(12(2)7-5-6-8-12)9-11-14-16-17(3)15-11/h10,13H,4-9H2,1-3H3. The number of likely N-dealkylation sites (N-methyl/N-ethyl adjacent to an activating group) is 1. The van der Waals surface area contributed by atoms with Crippen LogP contribution in [0.1, 0.15) is 45.4 Å². The first-order chi connectivity index (χ1) is 8.14. The fourth-order valence-corrected chi connectivity index (χ4v) is 2.93. The third-order valence-electron chi connectivity index (χ3n) is 3.97. The lowest BCUT2D eigenvalue weighted by Gasteiger charge is -2.34. The molecule has 2 rings (SSSR count). The van der Waals surface area contributed by atoms with E-state index in [1.807, 2.05) is 7.05 Å². The van der Waals surface area contributed by atoms with Gasteiger partial charge in [-0.15, -0.1) is 10.2 Å². The molecule has 1 unspecified atom stereocenters. The number of nitrogens with zero attached hydrogens (tertiary/aromatic N) is 4. The summed E-state index contributed by atoms with van der Waals surface area (Å²) in [7, 11) is 1.82. The Bertz CT molecular complexity index is 354. The van der Waals surface area contributed by atoms with Crippen LogP contribution in [0.3, 0.4) is 0 Å². The molecule has 17 heavy (non-hydrogen) atoms. The first-order valence-corrected chi connectivity index (χ1v) is 6.60. The molecule has 0 amide bonds. The Balaban J connectivity index is 2.06. The lowest BCUT2D eigenvalue weighted by Crippen LogP contribution is -2.44. The fraction of sp³-hybridized carbons (Fsp3) is 0.917. The third kappa shape index (κ3) is 2.83. The lowest BCUT2D eigenvalue weighted by atomic mass is 9.79. The topological polar surface area (TPSA) is 55.6 Å².